The standard InChI is InChI=1S/C23H27N3O2/c27-21(24-17-18-7-3-1-4-8-18)23(13-14-23)22(28)25-19-9-11-20(12-10-19)26-15-5-2-6-16-26/h1,3-4,7-12H,2,5-6,13-17H2,(H,24,27)(H,25,28). The van der Waals surface area contributed by atoms with Crippen LogP contribution >= 0.6 is 0 Å². The van der Waals surface area contributed by atoms with Gasteiger partial charge in [0.25, 0.3) is 0 Å². The predicted octanol–water partition coefficient (Wildman–Crippen LogP) is 3.71. The van der Waals surface area contributed by atoms with Crippen molar-refractivity contribution in [2.45, 2.75) is 38.6 Å². The third-order valence-corrected chi connectivity index (χ3v) is 5.76. The lowest BCUT2D eigenvalue weighted by Gasteiger charge is -2.28. The first-order chi connectivity index (χ1) is 13.7. The van der Waals surface area contributed by atoms with Gasteiger partial charge in [-0.2, -0.15) is 0 Å². The van der Waals surface area contributed by atoms with Gasteiger partial charge in [-0.3, -0.25) is 9.59 Å². The molecule has 4 rings (SSSR count). The molecule has 5 heteroatoms. The second-order valence-corrected chi connectivity index (χ2v) is 7.80. The number of anilines is 2. The molecular formula is C23H27N3O2. The Morgan fingerprint density at radius 3 is 2.18 bits per heavy atom. The van der Waals surface area contributed by atoms with E-state index in [0.29, 0.717) is 19.4 Å². The van der Waals surface area contributed by atoms with E-state index in [-0.39, 0.29) is 11.8 Å². The van der Waals surface area contributed by atoms with Crippen LogP contribution < -0.4 is 15.5 Å². The molecule has 1 saturated carbocycles. The Morgan fingerprint density at radius 2 is 1.54 bits per heavy atom. The molecule has 146 valence electrons. The molecule has 1 aliphatic carbocycles. The molecule has 0 unspecified atom stereocenters. The average Bonchev–Trinajstić information content (AvgIpc) is 3.56. The van der Waals surface area contributed by atoms with Gasteiger partial charge in [-0.05, 0) is 61.9 Å². The molecule has 2 aromatic carbocycles. The smallest absolute Gasteiger partial charge is 0.240 e. The van der Waals surface area contributed by atoms with Crippen molar-refractivity contribution in [3.63, 3.8) is 0 Å². The van der Waals surface area contributed by atoms with E-state index in [1.54, 1.807) is 0 Å². The van der Waals surface area contributed by atoms with Crippen LogP contribution in [0.2, 0.25) is 0 Å². The van der Waals surface area contributed by atoms with Crippen molar-refractivity contribution in [1.82, 2.24) is 5.32 Å². The number of piperidine rings is 1. The molecule has 0 aromatic heterocycles. The molecule has 2 aromatic rings. The van der Waals surface area contributed by atoms with E-state index >= 15 is 0 Å². The number of nitrogens with one attached hydrogen (secondary N) is 2. The summed E-state index contributed by atoms with van der Waals surface area (Å²) < 4.78 is 0. The third-order valence-electron chi connectivity index (χ3n) is 5.76. The van der Waals surface area contributed by atoms with E-state index in [9.17, 15) is 9.59 Å². The molecule has 2 N–H and O–H groups in total. The van der Waals surface area contributed by atoms with Gasteiger partial charge in [0.2, 0.25) is 11.8 Å². The Bertz CT molecular complexity index is 823. The summed E-state index contributed by atoms with van der Waals surface area (Å²) in [6, 6.07) is 17.7. The molecule has 0 spiro atoms. The molecule has 0 radical (unpaired) electrons. The van der Waals surface area contributed by atoms with Gasteiger partial charge in [-0.25, -0.2) is 0 Å². The highest BCUT2D eigenvalue weighted by Gasteiger charge is 2.56. The van der Waals surface area contributed by atoms with Crippen molar-refractivity contribution in [3.8, 4) is 0 Å². The fraction of sp³-hybridized carbons (Fsp3) is 0.391. The van der Waals surface area contributed by atoms with Crippen LogP contribution in [-0.2, 0) is 16.1 Å². The van der Waals surface area contributed by atoms with Crippen molar-refractivity contribution in [2.75, 3.05) is 23.3 Å². The van der Waals surface area contributed by atoms with Crippen LogP contribution in [-0.4, -0.2) is 24.9 Å². The van der Waals surface area contributed by atoms with Gasteiger partial charge >= 0.3 is 0 Å². The summed E-state index contributed by atoms with van der Waals surface area (Å²) in [5.74, 6) is -0.387. The fourth-order valence-electron chi connectivity index (χ4n) is 3.79. The van der Waals surface area contributed by atoms with Crippen molar-refractivity contribution in [1.29, 1.82) is 0 Å². The number of rotatable bonds is 6. The zero-order chi connectivity index (χ0) is 19.4. The van der Waals surface area contributed by atoms with E-state index in [0.717, 1.165) is 24.3 Å². The molecule has 2 aliphatic rings. The van der Waals surface area contributed by atoms with Gasteiger partial charge in [0, 0.05) is 31.0 Å². The van der Waals surface area contributed by atoms with Crippen LogP contribution in [0.5, 0.6) is 0 Å². The number of hydrogen-bond donors (Lipinski definition) is 2. The molecule has 1 heterocycles. The maximum absolute atomic E-state index is 12.8. The van der Waals surface area contributed by atoms with E-state index in [2.05, 4.69) is 27.7 Å². The van der Waals surface area contributed by atoms with Crippen LogP contribution in [0.25, 0.3) is 0 Å². The number of benzene rings is 2. The Morgan fingerprint density at radius 1 is 0.857 bits per heavy atom. The molecule has 0 bridgehead atoms. The highest BCUT2D eigenvalue weighted by molar-refractivity contribution is 6.13. The monoisotopic (exact) mass is 377 g/mol. The van der Waals surface area contributed by atoms with Gasteiger partial charge in [-0.1, -0.05) is 30.3 Å². The highest BCUT2D eigenvalue weighted by atomic mass is 16.2. The molecule has 1 saturated heterocycles. The minimum atomic E-state index is -0.916. The SMILES string of the molecule is O=C(NCc1ccccc1)C1(C(=O)Nc2ccc(N3CCCCC3)cc2)CC1. The summed E-state index contributed by atoms with van der Waals surface area (Å²) in [5, 5.41) is 5.85. The fourth-order valence-corrected chi connectivity index (χ4v) is 3.79. The van der Waals surface area contributed by atoms with Crippen molar-refractivity contribution < 1.29 is 9.59 Å². The van der Waals surface area contributed by atoms with E-state index in [4.69, 9.17) is 0 Å². The quantitative estimate of drug-likeness (QED) is 0.755. The molecule has 1 aliphatic heterocycles. The molecule has 0 atom stereocenters. The highest BCUT2D eigenvalue weighted by Crippen LogP contribution is 2.47. The Hall–Kier alpha value is -2.82. The number of amides is 2. The minimum Gasteiger partial charge on any atom is -0.372 e. The third kappa shape index (κ3) is 4.03. The van der Waals surface area contributed by atoms with Crippen molar-refractivity contribution in [2.24, 2.45) is 5.41 Å². The lowest BCUT2D eigenvalue weighted by atomic mass is 10.0. The Balaban J connectivity index is 1.34. The van der Waals surface area contributed by atoms with Gasteiger partial charge < -0.3 is 15.5 Å². The molecular weight excluding hydrogens is 350 g/mol. The molecule has 2 fully saturated rings. The van der Waals surface area contributed by atoms with Gasteiger partial charge in [0.15, 0.2) is 0 Å². The summed E-state index contributed by atoms with van der Waals surface area (Å²) in [5.41, 5.74) is 2.05. The lowest BCUT2D eigenvalue weighted by molar-refractivity contribution is -0.134. The molecule has 5 nitrogen and oxygen atoms in total. The maximum Gasteiger partial charge on any atom is 0.240 e. The molecule has 2 amide bonds. The first-order valence-electron chi connectivity index (χ1n) is 10.2. The zero-order valence-electron chi connectivity index (χ0n) is 16.1. The largest absolute Gasteiger partial charge is 0.372 e. The van der Waals surface area contributed by atoms with Gasteiger partial charge in [-0.15, -0.1) is 0 Å². The summed E-state index contributed by atoms with van der Waals surface area (Å²) in [6.07, 6.45) is 4.98. The summed E-state index contributed by atoms with van der Waals surface area (Å²) in [4.78, 5) is 27.8. The average molecular weight is 377 g/mol. The number of carbonyl (C=O) groups is 2. The Labute approximate surface area is 166 Å². The van der Waals surface area contributed by atoms with Crippen LogP contribution in [0.4, 0.5) is 11.4 Å². The number of hydrogen-bond acceptors (Lipinski definition) is 3. The van der Waals surface area contributed by atoms with E-state index in [1.165, 1.54) is 24.9 Å². The normalized spacial score (nSPS) is 17.6. The molecule has 28 heavy (non-hydrogen) atoms. The minimum absolute atomic E-state index is 0.182. The topological polar surface area (TPSA) is 61.4 Å². The van der Waals surface area contributed by atoms with Gasteiger partial charge in [0.1, 0.15) is 5.41 Å². The zero-order valence-corrected chi connectivity index (χ0v) is 16.1. The first kappa shape index (κ1) is 18.5. The summed E-state index contributed by atoms with van der Waals surface area (Å²) >= 11 is 0. The predicted molar refractivity (Wildman–Crippen MR) is 111 cm³/mol. The van der Waals surface area contributed by atoms with Crippen molar-refractivity contribution in [3.05, 3.63) is 60.2 Å². The van der Waals surface area contributed by atoms with E-state index < -0.39 is 5.41 Å². The Kier molecular flexibility index (Phi) is 5.33. The number of nitrogens with zero attached hydrogens (tertiary/aromatic N) is 1. The van der Waals surface area contributed by atoms with Gasteiger partial charge in [0.05, 0.1) is 0 Å². The van der Waals surface area contributed by atoms with Crippen LogP contribution in [0.15, 0.2) is 54.6 Å². The van der Waals surface area contributed by atoms with Crippen LogP contribution in [0.1, 0.15) is 37.7 Å². The van der Waals surface area contributed by atoms with E-state index in [1.807, 2.05) is 42.5 Å². The first-order valence-corrected chi connectivity index (χ1v) is 10.2. The lowest BCUT2D eigenvalue weighted by Crippen LogP contribution is -2.39. The van der Waals surface area contributed by atoms with Crippen LogP contribution in [0.3, 0.4) is 0 Å². The number of carbonyl (C=O) groups excluding carboxylic acids is 2. The second-order valence-electron chi connectivity index (χ2n) is 7.80. The summed E-state index contributed by atoms with van der Waals surface area (Å²) in [7, 11) is 0. The van der Waals surface area contributed by atoms with Crippen molar-refractivity contribution >= 4 is 23.2 Å². The second kappa shape index (κ2) is 8.05. The maximum atomic E-state index is 12.8. The summed E-state index contributed by atoms with van der Waals surface area (Å²) in [6.45, 7) is 2.63. The van der Waals surface area contributed by atoms with Crippen LogP contribution in [0, 0.1) is 5.41 Å².